The van der Waals surface area contributed by atoms with Crippen molar-refractivity contribution in [1.82, 2.24) is 20.0 Å². The highest BCUT2D eigenvalue weighted by Gasteiger charge is 2.33. The van der Waals surface area contributed by atoms with Gasteiger partial charge in [-0.1, -0.05) is 6.07 Å². The summed E-state index contributed by atoms with van der Waals surface area (Å²) in [4.78, 5) is 31.5. The lowest BCUT2D eigenvalue weighted by Gasteiger charge is -2.37. The smallest absolute Gasteiger partial charge is 0.237 e. The van der Waals surface area contributed by atoms with Crippen molar-refractivity contribution < 1.29 is 19.1 Å². The molecular weight excluding hydrogens is 360 g/mol. The second-order valence-corrected chi connectivity index (χ2v) is 7.34. The van der Waals surface area contributed by atoms with E-state index < -0.39 is 6.04 Å². The minimum Gasteiger partial charge on any atom is -0.497 e. The van der Waals surface area contributed by atoms with Gasteiger partial charge in [0.15, 0.2) is 0 Å². The van der Waals surface area contributed by atoms with Crippen molar-refractivity contribution in [1.29, 1.82) is 0 Å². The highest BCUT2D eigenvalue weighted by atomic mass is 16.5. The summed E-state index contributed by atoms with van der Waals surface area (Å²) in [5.41, 5.74) is 0.968. The zero-order chi connectivity index (χ0) is 20.1. The van der Waals surface area contributed by atoms with E-state index in [0.717, 1.165) is 43.2 Å². The number of rotatable bonds is 6. The number of carbonyl (C=O) groups is 2. The molecule has 1 aromatic rings. The van der Waals surface area contributed by atoms with Crippen LogP contribution in [-0.2, 0) is 16.1 Å². The van der Waals surface area contributed by atoms with E-state index in [1.165, 1.54) is 0 Å². The van der Waals surface area contributed by atoms with E-state index in [1.54, 1.807) is 14.2 Å². The standard InChI is InChI=1S/C20H30N4O4/c1-22-8-10-23(11-9-22)19(25)13-17-20(26)21-6-7-24(17)14-15-4-5-16(27-2)12-18(15)28-3/h4-5,12,17H,6-11,13-14H2,1-3H3,(H,21,26). The van der Waals surface area contributed by atoms with Crippen LogP contribution in [0.3, 0.4) is 0 Å². The maximum Gasteiger partial charge on any atom is 0.237 e. The van der Waals surface area contributed by atoms with Crippen LogP contribution < -0.4 is 14.8 Å². The zero-order valence-corrected chi connectivity index (χ0v) is 16.9. The molecule has 1 unspecified atom stereocenters. The first-order valence-electron chi connectivity index (χ1n) is 9.70. The Morgan fingerprint density at radius 3 is 2.57 bits per heavy atom. The number of methoxy groups -OCH3 is 2. The highest BCUT2D eigenvalue weighted by Crippen LogP contribution is 2.27. The van der Waals surface area contributed by atoms with Crippen molar-refractivity contribution in [2.45, 2.75) is 19.0 Å². The third-order valence-corrected chi connectivity index (χ3v) is 5.53. The van der Waals surface area contributed by atoms with Crippen molar-refractivity contribution in [2.75, 3.05) is 60.5 Å². The molecule has 0 radical (unpaired) electrons. The number of nitrogens with one attached hydrogen (secondary N) is 1. The second kappa shape index (κ2) is 9.25. The first kappa shape index (κ1) is 20.4. The van der Waals surface area contributed by atoms with Gasteiger partial charge in [0, 0.05) is 57.4 Å². The molecule has 28 heavy (non-hydrogen) atoms. The van der Waals surface area contributed by atoms with Crippen molar-refractivity contribution in [3.05, 3.63) is 23.8 Å². The predicted molar refractivity (Wildman–Crippen MR) is 105 cm³/mol. The number of likely N-dealkylation sites (N-methyl/N-ethyl adjacent to an activating group) is 1. The quantitative estimate of drug-likeness (QED) is 0.746. The molecule has 2 heterocycles. The molecule has 8 heteroatoms. The van der Waals surface area contributed by atoms with Crippen molar-refractivity contribution >= 4 is 11.8 Å². The number of nitrogens with zero attached hydrogens (tertiary/aromatic N) is 3. The van der Waals surface area contributed by atoms with Crippen LogP contribution in [0.1, 0.15) is 12.0 Å². The number of piperazine rings is 2. The lowest BCUT2D eigenvalue weighted by Crippen LogP contribution is -2.57. The monoisotopic (exact) mass is 390 g/mol. The van der Waals surface area contributed by atoms with E-state index in [0.29, 0.717) is 19.6 Å². The molecule has 3 rings (SSSR count). The fourth-order valence-corrected chi connectivity index (χ4v) is 3.72. The molecule has 2 fully saturated rings. The Morgan fingerprint density at radius 1 is 1.14 bits per heavy atom. The van der Waals surface area contributed by atoms with Gasteiger partial charge < -0.3 is 24.6 Å². The topological polar surface area (TPSA) is 74.4 Å². The van der Waals surface area contributed by atoms with Crippen LogP contribution in [0.2, 0.25) is 0 Å². The molecule has 2 aliphatic rings. The summed E-state index contributed by atoms with van der Waals surface area (Å²) < 4.78 is 10.7. The second-order valence-electron chi connectivity index (χ2n) is 7.34. The minimum atomic E-state index is -0.465. The number of hydrogen-bond donors (Lipinski definition) is 1. The third-order valence-electron chi connectivity index (χ3n) is 5.53. The van der Waals surface area contributed by atoms with Gasteiger partial charge in [0.25, 0.3) is 0 Å². The molecule has 1 aromatic carbocycles. The van der Waals surface area contributed by atoms with Crippen LogP contribution in [0.5, 0.6) is 11.5 Å². The van der Waals surface area contributed by atoms with Gasteiger partial charge in [-0.3, -0.25) is 14.5 Å². The van der Waals surface area contributed by atoms with E-state index in [-0.39, 0.29) is 18.2 Å². The molecule has 2 saturated heterocycles. The number of carbonyl (C=O) groups excluding carboxylic acids is 2. The average molecular weight is 390 g/mol. The average Bonchev–Trinajstić information content (AvgIpc) is 2.71. The van der Waals surface area contributed by atoms with Crippen molar-refractivity contribution in [2.24, 2.45) is 0 Å². The van der Waals surface area contributed by atoms with Gasteiger partial charge in [-0.25, -0.2) is 0 Å². The van der Waals surface area contributed by atoms with Crippen LogP contribution >= 0.6 is 0 Å². The molecule has 0 aliphatic carbocycles. The van der Waals surface area contributed by atoms with E-state index in [1.807, 2.05) is 23.1 Å². The minimum absolute atomic E-state index is 0.0434. The highest BCUT2D eigenvalue weighted by molar-refractivity contribution is 5.88. The number of ether oxygens (including phenoxy) is 2. The van der Waals surface area contributed by atoms with Gasteiger partial charge in [-0.2, -0.15) is 0 Å². The van der Waals surface area contributed by atoms with Crippen LogP contribution in [-0.4, -0.2) is 93.1 Å². The van der Waals surface area contributed by atoms with Gasteiger partial charge >= 0.3 is 0 Å². The number of benzene rings is 1. The molecular formula is C20H30N4O4. The molecule has 2 aliphatic heterocycles. The van der Waals surface area contributed by atoms with Gasteiger partial charge in [0.1, 0.15) is 11.5 Å². The van der Waals surface area contributed by atoms with Gasteiger partial charge in [-0.05, 0) is 13.1 Å². The Hall–Kier alpha value is -2.32. The SMILES string of the molecule is COc1ccc(CN2CCNC(=O)C2CC(=O)N2CCN(C)CC2)c(OC)c1. The first-order chi connectivity index (χ1) is 13.5. The molecule has 1 atom stereocenters. The normalized spacial score (nSPS) is 21.3. The van der Waals surface area contributed by atoms with E-state index in [9.17, 15) is 9.59 Å². The summed E-state index contributed by atoms with van der Waals surface area (Å²) in [6.45, 7) is 5.00. The summed E-state index contributed by atoms with van der Waals surface area (Å²) in [7, 11) is 5.29. The molecule has 1 N–H and O–H groups in total. The predicted octanol–water partition coefficient (Wildman–Crippen LogP) is 0.168. The maximum absolute atomic E-state index is 12.8. The van der Waals surface area contributed by atoms with Crippen LogP contribution in [0, 0.1) is 0 Å². The number of amides is 2. The largest absolute Gasteiger partial charge is 0.497 e. The van der Waals surface area contributed by atoms with Crippen LogP contribution in [0.25, 0.3) is 0 Å². The van der Waals surface area contributed by atoms with E-state index >= 15 is 0 Å². The summed E-state index contributed by atoms with van der Waals surface area (Å²) in [5, 5.41) is 2.90. The molecule has 0 aromatic heterocycles. The molecule has 2 amide bonds. The van der Waals surface area contributed by atoms with Gasteiger partial charge in [0.05, 0.1) is 26.7 Å². The third kappa shape index (κ3) is 4.74. The Morgan fingerprint density at radius 2 is 1.89 bits per heavy atom. The first-order valence-corrected chi connectivity index (χ1v) is 9.70. The Bertz CT molecular complexity index is 703. The summed E-state index contributed by atoms with van der Waals surface area (Å²) in [6, 6.07) is 5.20. The fraction of sp³-hybridized carbons (Fsp3) is 0.600. The van der Waals surface area contributed by atoms with Crippen LogP contribution in [0.4, 0.5) is 0 Å². The van der Waals surface area contributed by atoms with Gasteiger partial charge in [-0.15, -0.1) is 0 Å². The van der Waals surface area contributed by atoms with E-state index in [4.69, 9.17) is 9.47 Å². The van der Waals surface area contributed by atoms with E-state index in [2.05, 4.69) is 22.2 Å². The maximum atomic E-state index is 12.8. The molecule has 0 spiro atoms. The molecule has 8 nitrogen and oxygen atoms in total. The van der Waals surface area contributed by atoms with Gasteiger partial charge in [0.2, 0.25) is 11.8 Å². The molecule has 154 valence electrons. The van der Waals surface area contributed by atoms with Crippen LogP contribution in [0.15, 0.2) is 18.2 Å². The number of hydrogen-bond acceptors (Lipinski definition) is 6. The summed E-state index contributed by atoms with van der Waals surface area (Å²) >= 11 is 0. The molecule has 0 bridgehead atoms. The van der Waals surface area contributed by atoms with Crippen molar-refractivity contribution in [3.8, 4) is 11.5 Å². The Balaban J connectivity index is 1.70. The fourth-order valence-electron chi connectivity index (χ4n) is 3.72. The lowest BCUT2D eigenvalue weighted by atomic mass is 10.1. The Labute approximate surface area is 166 Å². The molecule has 0 saturated carbocycles. The lowest BCUT2D eigenvalue weighted by molar-refractivity contribution is -0.140. The summed E-state index contributed by atoms with van der Waals surface area (Å²) in [6.07, 6.45) is 0.202. The zero-order valence-electron chi connectivity index (χ0n) is 16.9. The van der Waals surface area contributed by atoms with Crippen molar-refractivity contribution in [3.63, 3.8) is 0 Å². The Kier molecular flexibility index (Phi) is 6.74. The summed E-state index contributed by atoms with van der Waals surface area (Å²) in [5.74, 6) is 1.40.